The molecule has 0 unspecified atom stereocenters. The van der Waals surface area contributed by atoms with Crippen LogP contribution in [0.3, 0.4) is 0 Å². The third kappa shape index (κ3) is 5.75. The van der Waals surface area contributed by atoms with Gasteiger partial charge in [-0.1, -0.05) is 52.0 Å². The van der Waals surface area contributed by atoms with Crippen LogP contribution in [0.5, 0.6) is 0 Å². The Kier molecular flexibility index (Phi) is 7.11. The van der Waals surface area contributed by atoms with E-state index in [0.29, 0.717) is 0 Å². The molecule has 2 nitrogen and oxygen atoms in total. The van der Waals surface area contributed by atoms with Crippen molar-refractivity contribution in [2.75, 3.05) is 13.1 Å². The summed E-state index contributed by atoms with van der Waals surface area (Å²) in [5.41, 5.74) is 8.24. The number of hydrogen-bond donors (Lipinski definition) is 2. The first-order chi connectivity index (χ1) is 9.04. The first-order valence-corrected chi connectivity index (χ1v) is 7.53. The maximum Gasteiger partial charge on any atom is 0.0205 e. The molecular weight excluding hydrogens is 232 g/mol. The Morgan fingerprint density at radius 1 is 0.947 bits per heavy atom. The van der Waals surface area contributed by atoms with Crippen LogP contribution in [0.2, 0.25) is 0 Å². The minimum atomic E-state index is 0.724. The van der Waals surface area contributed by atoms with E-state index in [0.717, 1.165) is 43.8 Å². The molecular formula is C17H30N2. The van der Waals surface area contributed by atoms with Gasteiger partial charge in [0.2, 0.25) is 0 Å². The average Bonchev–Trinajstić information content (AvgIpc) is 2.36. The van der Waals surface area contributed by atoms with Crippen LogP contribution in [0.1, 0.15) is 38.8 Å². The predicted octanol–water partition coefficient (Wildman–Crippen LogP) is 3.21. The predicted molar refractivity (Wildman–Crippen MR) is 84.1 cm³/mol. The Morgan fingerprint density at radius 2 is 1.47 bits per heavy atom. The number of rotatable bonds is 8. The third-order valence-electron chi connectivity index (χ3n) is 3.88. The molecule has 108 valence electrons. The highest BCUT2D eigenvalue weighted by Gasteiger charge is 2.16. The highest BCUT2D eigenvalue weighted by Crippen LogP contribution is 2.19. The Bertz CT molecular complexity index is 333. The van der Waals surface area contributed by atoms with Gasteiger partial charge in [0.05, 0.1) is 0 Å². The molecule has 1 aromatic rings. The summed E-state index contributed by atoms with van der Waals surface area (Å²) in [6, 6.07) is 8.79. The monoisotopic (exact) mass is 262 g/mol. The largest absolute Gasteiger partial charge is 0.330 e. The van der Waals surface area contributed by atoms with Crippen LogP contribution >= 0.6 is 0 Å². The van der Waals surface area contributed by atoms with Gasteiger partial charge in [-0.15, -0.1) is 0 Å². The van der Waals surface area contributed by atoms with E-state index in [9.17, 15) is 0 Å². The fourth-order valence-electron chi connectivity index (χ4n) is 2.61. The molecule has 2 heteroatoms. The molecule has 0 aliphatic rings. The quantitative estimate of drug-likeness (QED) is 0.755. The molecule has 0 aromatic heterocycles. The van der Waals surface area contributed by atoms with Gasteiger partial charge in [-0.05, 0) is 48.4 Å². The van der Waals surface area contributed by atoms with E-state index in [1.54, 1.807) is 0 Å². The molecule has 0 aliphatic carbocycles. The molecule has 19 heavy (non-hydrogen) atoms. The van der Waals surface area contributed by atoms with E-state index in [4.69, 9.17) is 5.73 Å². The lowest BCUT2D eigenvalue weighted by atomic mass is 9.85. The second-order valence-corrected chi connectivity index (χ2v) is 6.14. The lowest BCUT2D eigenvalue weighted by Crippen LogP contribution is -2.29. The van der Waals surface area contributed by atoms with Crippen LogP contribution in [-0.4, -0.2) is 13.1 Å². The fourth-order valence-corrected chi connectivity index (χ4v) is 2.61. The maximum atomic E-state index is 5.56. The molecule has 0 saturated carbocycles. The highest BCUT2D eigenvalue weighted by molar-refractivity contribution is 5.22. The van der Waals surface area contributed by atoms with Crippen molar-refractivity contribution in [3.8, 4) is 0 Å². The van der Waals surface area contributed by atoms with Gasteiger partial charge in [0.25, 0.3) is 0 Å². The standard InChI is InChI=1S/C17H30N2/c1-13(2)17(14(3)4)12-19-11-16-7-5-15(6-8-16)9-10-18/h5-8,13-14,17,19H,9-12,18H2,1-4H3. The smallest absolute Gasteiger partial charge is 0.0205 e. The van der Waals surface area contributed by atoms with Gasteiger partial charge in [-0.2, -0.15) is 0 Å². The van der Waals surface area contributed by atoms with Crippen molar-refractivity contribution in [3.05, 3.63) is 35.4 Å². The number of nitrogens with one attached hydrogen (secondary N) is 1. The number of hydrogen-bond acceptors (Lipinski definition) is 2. The van der Waals surface area contributed by atoms with Crippen molar-refractivity contribution in [3.63, 3.8) is 0 Å². The number of benzene rings is 1. The molecule has 0 bridgehead atoms. The van der Waals surface area contributed by atoms with Gasteiger partial charge in [0.15, 0.2) is 0 Å². The zero-order valence-electron chi connectivity index (χ0n) is 12.9. The van der Waals surface area contributed by atoms with Gasteiger partial charge < -0.3 is 11.1 Å². The summed E-state index contributed by atoms with van der Waals surface area (Å²) in [6.07, 6.45) is 0.969. The highest BCUT2D eigenvalue weighted by atomic mass is 14.9. The Balaban J connectivity index is 2.39. The molecule has 0 radical (unpaired) electrons. The van der Waals surface area contributed by atoms with E-state index in [-0.39, 0.29) is 0 Å². The third-order valence-corrected chi connectivity index (χ3v) is 3.88. The molecule has 0 atom stereocenters. The normalized spacial score (nSPS) is 11.8. The molecule has 3 N–H and O–H groups in total. The van der Waals surface area contributed by atoms with Crippen molar-refractivity contribution in [2.24, 2.45) is 23.5 Å². The van der Waals surface area contributed by atoms with Crippen molar-refractivity contribution in [2.45, 2.75) is 40.7 Å². The van der Waals surface area contributed by atoms with Gasteiger partial charge in [0, 0.05) is 6.54 Å². The van der Waals surface area contributed by atoms with Gasteiger partial charge in [0.1, 0.15) is 0 Å². The van der Waals surface area contributed by atoms with Crippen LogP contribution in [0, 0.1) is 17.8 Å². The number of nitrogens with two attached hydrogens (primary N) is 1. The molecule has 1 aromatic carbocycles. The molecule has 0 fully saturated rings. The van der Waals surface area contributed by atoms with Crippen molar-refractivity contribution < 1.29 is 0 Å². The fraction of sp³-hybridized carbons (Fsp3) is 0.647. The summed E-state index contributed by atoms with van der Waals surface area (Å²) in [7, 11) is 0. The summed E-state index contributed by atoms with van der Waals surface area (Å²) in [4.78, 5) is 0. The summed E-state index contributed by atoms with van der Waals surface area (Å²) >= 11 is 0. The average molecular weight is 262 g/mol. The molecule has 1 rings (SSSR count). The van der Waals surface area contributed by atoms with Gasteiger partial charge in [-0.25, -0.2) is 0 Å². The van der Waals surface area contributed by atoms with Gasteiger partial charge in [-0.3, -0.25) is 0 Å². The van der Waals surface area contributed by atoms with E-state index >= 15 is 0 Å². The Labute approximate surface area is 118 Å². The van der Waals surface area contributed by atoms with Crippen molar-refractivity contribution in [1.29, 1.82) is 0 Å². The minimum absolute atomic E-state index is 0.724. The second-order valence-electron chi connectivity index (χ2n) is 6.14. The molecule has 0 spiro atoms. The Hall–Kier alpha value is -0.860. The van der Waals surface area contributed by atoms with Crippen LogP contribution in [-0.2, 0) is 13.0 Å². The van der Waals surface area contributed by atoms with Crippen molar-refractivity contribution in [1.82, 2.24) is 5.32 Å². The van der Waals surface area contributed by atoms with Crippen LogP contribution in [0.25, 0.3) is 0 Å². The second kappa shape index (κ2) is 8.34. The lowest BCUT2D eigenvalue weighted by Gasteiger charge is -2.25. The summed E-state index contributed by atoms with van der Waals surface area (Å²) < 4.78 is 0. The molecule has 0 amide bonds. The van der Waals surface area contributed by atoms with Crippen molar-refractivity contribution >= 4 is 0 Å². The summed E-state index contributed by atoms with van der Waals surface area (Å²) in [5, 5.41) is 3.59. The zero-order chi connectivity index (χ0) is 14.3. The first kappa shape index (κ1) is 16.2. The SMILES string of the molecule is CC(C)C(CNCc1ccc(CCN)cc1)C(C)C. The van der Waals surface area contributed by atoms with E-state index < -0.39 is 0 Å². The van der Waals surface area contributed by atoms with Crippen LogP contribution in [0.4, 0.5) is 0 Å². The molecule has 0 heterocycles. The first-order valence-electron chi connectivity index (χ1n) is 7.53. The maximum absolute atomic E-state index is 5.56. The van der Waals surface area contributed by atoms with Crippen LogP contribution in [0.15, 0.2) is 24.3 Å². The van der Waals surface area contributed by atoms with Crippen LogP contribution < -0.4 is 11.1 Å². The Morgan fingerprint density at radius 3 is 1.95 bits per heavy atom. The minimum Gasteiger partial charge on any atom is -0.330 e. The molecule has 0 aliphatic heterocycles. The summed E-state index contributed by atoms with van der Waals surface area (Å²) in [6.45, 7) is 12.0. The van der Waals surface area contributed by atoms with E-state index in [2.05, 4.69) is 57.3 Å². The summed E-state index contributed by atoms with van der Waals surface area (Å²) in [5.74, 6) is 2.22. The lowest BCUT2D eigenvalue weighted by molar-refractivity contribution is 0.275. The molecule has 0 saturated heterocycles. The van der Waals surface area contributed by atoms with Gasteiger partial charge >= 0.3 is 0 Å². The van der Waals surface area contributed by atoms with E-state index in [1.807, 2.05) is 0 Å². The van der Waals surface area contributed by atoms with E-state index in [1.165, 1.54) is 11.1 Å². The zero-order valence-corrected chi connectivity index (χ0v) is 12.9. The topological polar surface area (TPSA) is 38.0 Å².